The van der Waals surface area contributed by atoms with E-state index in [0.29, 0.717) is 12.5 Å². The summed E-state index contributed by atoms with van der Waals surface area (Å²) in [5, 5.41) is 12.1. The highest BCUT2D eigenvalue weighted by atomic mass is 35.5. The molecular weight excluding hydrogens is 324 g/mol. The number of aliphatic hydroxyl groups is 1. The minimum atomic E-state index is -0.201. The summed E-state index contributed by atoms with van der Waals surface area (Å²) < 4.78 is 5.73. The monoisotopic (exact) mass is 346 g/mol. The average molecular weight is 347 g/mol. The smallest absolute Gasteiger partial charge is 0.0747 e. The molecule has 2 heterocycles. The molecular formula is C19H23ClN2O2. The zero-order valence-electron chi connectivity index (χ0n) is 13.7. The van der Waals surface area contributed by atoms with Crippen molar-refractivity contribution in [3.63, 3.8) is 0 Å². The third-order valence-electron chi connectivity index (χ3n) is 5.43. The Morgan fingerprint density at radius 2 is 2.25 bits per heavy atom. The van der Waals surface area contributed by atoms with Crippen LogP contribution in [0.3, 0.4) is 0 Å². The lowest BCUT2D eigenvalue weighted by atomic mass is 9.93. The number of aromatic nitrogens is 1. The second-order valence-electron chi connectivity index (χ2n) is 6.91. The summed E-state index contributed by atoms with van der Waals surface area (Å²) in [6.45, 7) is 3.12. The predicted molar refractivity (Wildman–Crippen MR) is 95.1 cm³/mol. The van der Waals surface area contributed by atoms with Crippen LogP contribution in [0.5, 0.6) is 0 Å². The lowest BCUT2D eigenvalue weighted by Crippen LogP contribution is -2.50. The van der Waals surface area contributed by atoms with Gasteiger partial charge in [-0.2, -0.15) is 0 Å². The molecule has 1 aliphatic heterocycles. The molecule has 1 aliphatic carbocycles. The summed E-state index contributed by atoms with van der Waals surface area (Å²) in [6.07, 6.45) is 4.74. The molecule has 4 rings (SSSR count). The maximum Gasteiger partial charge on any atom is 0.0747 e. The summed E-state index contributed by atoms with van der Waals surface area (Å²) in [6, 6.07) is 8.25. The van der Waals surface area contributed by atoms with Crippen molar-refractivity contribution in [2.45, 2.75) is 38.0 Å². The number of rotatable bonds is 3. The van der Waals surface area contributed by atoms with Crippen LogP contribution in [0.1, 0.15) is 24.8 Å². The first-order chi connectivity index (χ1) is 11.7. The number of pyridine rings is 1. The standard InChI is InChI=1S/C19H23ClN2O2/c20-15-9-13-3-2-6-21-19(13)14(10-15)11-22-7-8-24-12-17(22)16-4-1-5-18(16)23/h2-3,6,9-10,16-18,23H,1,4-5,7-8,11-12H2/t16-,17-,18-/m1/s1. The topological polar surface area (TPSA) is 45.6 Å². The number of ether oxygens (including phenoxy) is 1. The Kier molecular flexibility index (Phi) is 4.72. The Hall–Kier alpha value is -1.20. The number of halogens is 1. The zero-order valence-corrected chi connectivity index (χ0v) is 14.5. The molecule has 1 aromatic heterocycles. The van der Waals surface area contributed by atoms with Crippen molar-refractivity contribution in [1.82, 2.24) is 9.88 Å². The van der Waals surface area contributed by atoms with Gasteiger partial charge in [0.1, 0.15) is 0 Å². The lowest BCUT2D eigenvalue weighted by molar-refractivity contribution is -0.0535. The van der Waals surface area contributed by atoms with E-state index in [9.17, 15) is 5.11 Å². The molecule has 2 aromatic rings. The fourth-order valence-electron chi connectivity index (χ4n) is 4.23. The van der Waals surface area contributed by atoms with Crippen LogP contribution in [0.2, 0.25) is 5.02 Å². The van der Waals surface area contributed by atoms with Crippen molar-refractivity contribution in [3.8, 4) is 0 Å². The fourth-order valence-corrected chi connectivity index (χ4v) is 4.48. The first-order valence-corrected chi connectivity index (χ1v) is 9.13. The van der Waals surface area contributed by atoms with Gasteiger partial charge in [0.25, 0.3) is 0 Å². The molecule has 1 N–H and O–H groups in total. The summed E-state index contributed by atoms with van der Waals surface area (Å²) in [5.74, 6) is 0.309. The fraction of sp³-hybridized carbons (Fsp3) is 0.526. The van der Waals surface area contributed by atoms with Gasteiger partial charge in [-0.05, 0) is 36.6 Å². The van der Waals surface area contributed by atoms with Crippen LogP contribution in [-0.2, 0) is 11.3 Å². The Bertz CT molecular complexity index is 724. The number of hydrogen-bond donors (Lipinski definition) is 1. The molecule has 2 fully saturated rings. The van der Waals surface area contributed by atoms with Crippen LogP contribution in [0.15, 0.2) is 30.5 Å². The Morgan fingerprint density at radius 1 is 1.33 bits per heavy atom. The van der Waals surface area contributed by atoms with Gasteiger partial charge in [0.2, 0.25) is 0 Å². The van der Waals surface area contributed by atoms with E-state index in [2.05, 4.69) is 16.0 Å². The summed E-state index contributed by atoms with van der Waals surface area (Å²) >= 11 is 6.32. The average Bonchev–Trinajstić information content (AvgIpc) is 3.01. The molecule has 4 nitrogen and oxygen atoms in total. The number of fused-ring (bicyclic) bond motifs is 1. The van der Waals surface area contributed by atoms with Crippen molar-refractivity contribution < 1.29 is 9.84 Å². The van der Waals surface area contributed by atoms with E-state index in [4.69, 9.17) is 16.3 Å². The SMILES string of the molecule is O[C@@H]1CCC[C@@H]1[C@H]1COCCN1Cc1cc(Cl)cc2cccnc12. The second kappa shape index (κ2) is 6.96. The van der Waals surface area contributed by atoms with Crippen LogP contribution in [0.25, 0.3) is 10.9 Å². The van der Waals surface area contributed by atoms with Crippen LogP contribution >= 0.6 is 11.6 Å². The van der Waals surface area contributed by atoms with E-state index >= 15 is 0 Å². The van der Waals surface area contributed by atoms with E-state index in [0.717, 1.165) is 60.4 Å². The van der Waals surface area contributed by atoms with Crippen LogP contribution < -0.4 is 0 Å². The molecule has 1 saturated heterocycles. The highest BCUT2D eigenvalue weighted by Crippen LogP contribution is 2.33. The van der Waals surface area contributed by atoms with Gasteiger partial charge in [0.15, 0.2) is 0 Å². The minimum absolute atomic E-state index is 0.201. The summed E-state index contributed by atoms with van der Waals surface area (Å²) in [4.78, 5) is 7.01. The summed E-state index contributed by atoms with van der Waals surface area (Å²) in [7, 11) is 0. The third kappa shape index (κ3) is 3.16. The predicted octanol–water partition coefficient (Wildman–Crippen LogP) is 3.25. The summed E-state index contributed by atoms with van der Waals surface area (Å²) in [5.41, 5.74) is 2.16. The highest BCUT2D eigenvalue weighted by Gasteiger charge is 2.37. The Morgan fingerprint density at radius 3 is 3.08 bits per heavy atom. The van der Waals surface area contributed by atoms with Crippen molar-refractivity contribution >= 4 is 22.5 Å². The van der Waals surface area contributed by atoms with Crippen molar-refractivity contribution in [2.24, 2.45) is 5.92 Å². The van der Waals surface area contributed by atoms with Crippen LogP contribution in [0.4, 0.5) is 0 Å². The molecule has 1 aromatic carbocycles. The molecule has 5 heteroatoms. The van der Waals surface area contributed by atoms with E-state index in [1.54, 1.807) is 0 Å². The first-order valence-electron chi connectivity index (χ1n) is 8.75. The molecule has 0 amide bonds. The number of aliphatic hydroxyl groups excluding tert-OH is 1. The highest BCUT2D eigenvalue weighted by molar-refractivity contribution is 6.31. The van der Waals surface area contributed by atoms with E-state index in [1.807, 2.05) is 24.4 Å². The van der Waals surface area contributed by atoms with Gasteiger partial charge in [-0.15, -0.1) is 0 Å². The molecule has 0 radical (unpaired) electrons. The van der Waals surface area contributed by atoms with Crippen LogP contribution in [-0.4, -0.2) is 46.9 Å². The van der Waals surface area contributed by atoms with Gasteiger partial charge in [-0.3, -0.25) is 9.88 Å². The largest absolute Gasteiger partial charge is 0.393 e. The number of nitrogens with zero attached hydrogens (tertiary/aromatic N) is 2. The Labute approximate surface area is 147 Å². The van der Waals surface area contributed by atoms with Gasteiger partial charge < -0.3 is 9.84 Å². The molecule has 24 heavy (non-hydrogen) atoms. The molecule has 3 atom stereocenters. The van der Waals surface area contributed by atoms with Gasteiger partial charge in [-0.25, -0.2) is 0 Å². The molecule has 2 aliphatic rings. The van der Waals surface area contributed by atoms with Crippen molar-refractivity contribution in [2.75, 3.05) is 19.8 Å². The maximum atomic E-state index is 10.3. The van der Waals surface area contributed by atoms with Gasteiger partial charge in [0, 0.05) is 41.7 Å². The third-order valence-corrected chi connectivity index (χ3v) is 5.65. The van der Waals surface area contributed by atoms with Gasteiger partial charge in [-0.1, -0.05) is 24.1 Å². The second-order valence-corrected chi connectivity index (χ2v) is 7.35. The first kappa shape index (κ1) is 16.3. The zero-order chi connectivity index (χ0) is 16.5. The van der Waals surface area contributed by atoms with E-state index < -0.39 is 0 Å². The number of morpholine rings is 1. The molecule has 1 saturated carbocycles. The van der Waals surface area contributed by atoms with E-state index in [1.165, 1.54) is 0 Å². The van der Waals surface area contributed by atoms with Crippen LogP contribution in [0, 0.1) is 5.92 Å². The van der Waals surface area contributed by atoms with Crippen molar-refractivity contribution in [3.05, 3.63) is 41.0 Å². The van der Waals surface area contributed by atoms with Crippen molar-refractivity contribution in [1.29, 1.82) is 0 Å². The Balaban J connectivity index is 1.63. The molecule has 0 spiro atoms. The molecule has 0 unspecified atom stereocenters. The number of benzene rings is 1. The van der Waals surface area contributed by atoms with Gasteiger partial charge >= 0.3 is 0 Å². The number of hydrogen-bond acceptors (Lipinski definition) is 4. The minimum Gasteiger partial charge on any atom is -0.393 e. The normalized spacial score (nSPS) is 28.5. The van der Waals surface area contributed by atoms with E-state index in [-0.39, 0.29) is 12.1 Å². The lowest BCUT2D eigenvalue weighted by Gasteiger charge is -2.40. The quantitative estimate of drug-likeness (QED) is 0.926. The maximum absolute atomic E-state index is 10.3. The molecule has 0 bridgehead atoms. The molecule has 128 valence electrons. The van der Waals surface area contributed by atoms with Gasteiger partial charge in [0.05, 0.1) is 24.8 Å².